The van der Waals surface area contributed by atoms with E-state index < -0.39 is 35.2 Å². The van der Waals surface area contributed by atoms with Gasteiger partial charge >= 0.3 is 6.03 Å². The fourth-order valence-corrected chi connectivity index (χ4v) is 3.46. The van der Waals surface area contributed by atoms with Crippen LogP contribution >= 0.6 is 0 Å². The number of β-amino-alcohol motifs (C(OH)–C–C–N with tert-alkyl or cyclic N) is 1. The van der Waals surface area contributed by atoms with Gasteiger partial charge in [-0.25, -0.2) is 13.6 Å². The van der Waals surface area contributed by atoms with E-state index in [1.54, 1.807) is 0 Å². The summed E-state index contributed by atoms with van der Waals surface area (Å²) in [6.07, 6.45) is -0.893. The van der Waals surface area contributed by atoms with E-state index in [1.807, 2.05) is 7.05 Å². The Balaban J connectivity index is 1.67. The molecule has 1 aromatic rings. The fourth-order valence-electron chi connectivity index (χ4n) is 3.46. The second kappa shape index (κ2) is 7.49. The number of aliphatic hydroxyl groups is 1. The third-order valence-corrected chi connectivity index (χ3v) is 5.23. The van der Waals surface area contributed by atoms with Crippen molar-refractivity contribution in [3.8, 4) is 0 Å². The van der Waals surface area contributed by atoms with Crippen LogP contribution in [0.4, 0.5) is 13.6 Å². The van der Waals surface area contributed by atoms with Gasteiger partial charge in [0.25, 0.3) is 5.91 Å². The molecule has 2 heterocycles. The van der Waals surface area contributed by atoms with Crippen molar-refractivity contribution in [2.75, 3.05) is 46.3 Å². The minimum Gasteiger partial charge on any atom is -0.390 e. The van der Waals surface area contributed by atoms with E-state index in [-0.39, 0.29) is 12.1 Å². The average molecular weight is 382 g/mol. The topological polar surface area (TPSA) is 76.1 Å². The van der Waals surface area contributed by atoms with Crippen LogP contribution in [0.15, 0.2) is 18.2 Å². The Labute approximate surface area is 156 Å². The van der Waals surface area contributed by atoms with Gasteiger partial charge in [0, 0.05) is 32.7 Å². The fraction of sp³-hybridized carbons (Fsp3) is 0.556. The summed E-state index contributed by atoms with van der Waals surface area (Å²) in [5.74, 6) is -2.72. The summed E-state index contributed by atoms with van der Waals surface area (Å²) in [5, 5.41) is 12.9. The molecule has 0 unspecified atom stereocenters. The molecule has 0 radical (unpaired) electrons. The maximum atomic E-state index is 13.6. The van der Waals surface area contributed by atoms with Crippen LogP contribution in [0.3, 0.4) is 0 Å². The predicted octanol–water partition coefficient (Wildman–Crippen LogP) is 0.340. The number of hydrogen-bond donors (Lipinski definition) is 2. The van der Waals surface area contributed by atoms with Crippen LogP contribution in [-0.2, 0) is 10.3 Å². The Bertz CT molecular complexity index is 739. The number of rotatable bonds is 5. The molecule has 3 amide bonds. The molecule has 2 atom stereocenters. The van der Waals surface area contributed by atoms with Crippen molar-refractivity contribution < 1.29 is 23.5 Å². The summed E-state index contributed by atoms with van der Waals surface area (Å²) in [5.41, 5.74) is -1.35. The average Bonchev–Trinajstić information content (AvgIpc) is 2.83. The quantitative estimate of drug-likeness (QED) is 0.719. The predicted molar refractivity (Wildman–Crippen MR) is 93.9 cm³/mol. The molecule has 3 rings (SSSR count). The van der Waals surface area contributed by atoms with Crippen LogP contribution < -0.4 is 5.32 Å². The van der Waals surface area contributed by atoms with E-state index in [0.717, 1.165) is 43.2 Å². The van der Waals surface area contributed by atoms with Gasteiger partial charge < -0.3 is 15.3 Å². The SMILES string of the molecule is CN1CCN(C[C@@H](O)CN2C(=O)N[C@@](C)(c3ccc(F)c(F)c3)C2=O)CC1. The first-order valence-corrected chi connectivity index (χ1v) is 8.89. The molecule has 0 saturated carbocycles. The summed E-state index contributed by atoms with van der Waals surface area (Å²) >= 11 is 0. The molecule has 9 heteroatoms. The second-order valence-electron chi connectivity index (χ2n) is 7.36. The number of nitrogens with one attached hydrogen (secondary N) is 1. The molecular weight excluding hydrogens is 358 g/mol. The Morgan fingerprint density at radius 3 is 2.44 bits per heavy atom. The van der Waals surface area contributed by atoms with E-state index in [2.05, 4.69) is 15.1 Å². The van der Waals surface area contributed by atoms with Crippen molar-refractivity contribution in [3.63, 3.8) is 0 Å². The summed E-state index contributed by atoms with van der Waals surface area (Å²) in [7, 11) is 2.03. The van der Waals surface area contributed by atoms with E-state index >= 15 is 0 Å². The van der Waals surface area contributed by atoms with Crippen molar-refractivity contribution in [2.45, 2.75) is 18.6 Å². The first-order valence-electron chi connectivity index (χ1n) is 8.89. The van der Waals surface area contributed by atoms with Gasteiger partial charge in [-0.3, -0.25) is 14.6 Å². The summed E-state index contributed by atoms with van der Waals surface area (Å²) < 4.78 is 26.7. The Morgan fingerprint density at radius 1 is 1.15 bits per heavy atom. The van der Waals surface area contributed by atoms with Gasteiger partial charge in [0.05, 0.1) is 12.6 Å². The maximum absolute atomic E-state index is 13.6. The van der Waals surface area contributed by atoms with Crippen molar-refractivity contribution in [1.29, 1.82) is 0 Å². The number of likely N-dealkylation sites (N-methyl/N-ethyl adjacent to an activating group) is 1. The van der Waals surface area contributed by atoms with Gasteiger partial charge in [-0.15, -0.1) is 0 Å². The highest BCUT2D eigenvalue weighted by Crippen LogP contribution is 2.29. The highest BCUT2D eigenvalue weighted by Gasteiger charge is 2.49. The van der Waals surface area contributed by atoms with Gasteiger partial charge in [0.2, 0.25) is 0 Å². The largest absolute Gasteiger partial charge is 0.390 e. The summed E-state index contributed by atoms with van der Waals surface area (Å²) in [4.78, 5) is 30.3. The second-order valence-corrected chi connectivity index (χ2v) is 7.36. The first-order chi connectivity index (χ1) is 12.7. The first kappa shape index (κ1) is 19.7. The Kier molecular flexibility index (Phi) is 5.45. The minimum absolute atomic E-state index is 0.149. The molecule has 2 saturated heterocycles. The normalized spacial score (nSPS) is 25.7. The number of carbonyl (C=O) groups excluding carboxylic acids is 2. The van der Waals surface area contributed by atoms with E-state index in [1.165, 1.54) is 13.0 Å². The zero-order valence-electron chi connectivity index (χ0n) is 15.4. The number of amides is 3. The number of imide groups is 1. The third kappa shape index (κ3) is 3.95. The van der Waals surface area contributed by atoms with Crippen LogP contribution in [-0.4, -0.2) is 84.2 Å². The van der Waals surface area contributed by atoms with Crippen LogP contribution in [0.1, 0.15) is 12.5 Å². The molecular formula is C18H24F2N4O3. The molecule has 7 nitrogen and oxygen atoms in total. The van der Waals surface area contributed by atoms with Crippen LogP contribution in [0.5, 0.6) is 0 Å². The maximum Gasteiger partial charge on any atom is 0.325 e. The Morgan fingerprint density at radius 2 is 1.81 bits per heavy atom. The Hall–Kier alpha value is -2.10. The van der Waals surface area contributed by atoms with Crippen molar-refractivity contribution >= 4 is 11.9 Å². The molecule has 148 valence electrons. The van der Waals surface area contributed by atoms with Gasteiger partial charge in [-0.1, -0.05) is 6.07 Å². The van der Waals surface area contributed by atoms with Crippen molar-refractivity contribution in [3.05, 3.63) is 35.4 Å². The van der Waals surface area contributed by atoms with E-state index in [4.69, 9.17) is 0 Å². The number of nitrogens with zero attached hydrogens (tertiary/aromatic N) is 3. The lowest BCUT2D eigenvalue weighted by Crippen LogP contribution is -2.49. The zero-order chi connectivity index (χ0) is 19.8. The number of aliphatic hydroxyl groups excluding tert-OH is 1. The molecule has 2 fully saturated rings. The molecule has 0 spiro atoms. The molecule has 0 aliphatic carbocycles. The number of piperazine rings is 1. The van der Waals surface area contributed by atoms with Crippen LogP contribution in [0.25, 0.3) is 0 Å². The zero-order valence-corrected chi connectivity index (χ0v) is 15.4. The van der Waals surface area contributed by atoms with Gasteiger partial charge in [-0.2, -0.15) is 0 Å². The molecule has 2 aliphatic heterocycles. The smallest absolute Gasteiger partial charge is 0.325 e. The molecule has 2 aliphatic rings. The summed E-state index contributed by atoms with van der Waals surface area (Å²) in [6, 6.07) is 2.42. The lowest BCUT2D eigenvalue weighted by atomic mass is 9.92. The standard InChI is InChI=1S/C18H24F2N4O3/c1-18(12-3-4-14(19)15(20)9-12)16(26)24(17(27)21-18)11-13(25)10-23-7-5-22(2)6-8-23/h3-4,9,13,25H,5-8,10-11H2,1-2H3,(H,21,27)/t13-,18+/m1/s1. The highest BCUT2D eigenvalue weighted by atomic mass is 19.2. The number of urea groups is 1. The van der Waals surface area contributed by atoms with Crippen molar-refractivity contribution in [2.24, 2.45) is 0 Å². The van der Waals surface area contributed by atoms with Gasteiger partial charge in [0.1, 0.15) is 5.54 Å². The number of benzene rings is 1. The highest BCUT2D eigenvalue weighted by molar-refractivity contribution is 6.07. The molecule has 2 N–H and O–H groups in total. The molecule has 1 aromatic carbocycles. The van der Waals surface area contributed by atoms with Gasteiger partial charge in [-0.05, 0) is 31.7 Å². The summed E-state index contributed by atoms with van der Waals surface area (Å²) in [6.45, 7) is 5.03. The van der Waals surface area contributed by atoms with Crippen molar-refractivity contribution in [1.82, 2.24) is 20.0 Å². The van der Waals surface area contributed by atoms with Crippen LogP contribution in [0.2, 0.25) is 0 Å². The number of halogens is 2. The third-order valence-electron chi connectivity index (χ3n) is 5.23. The van der Waals surface area contributed by atoms with E-state index in [0.29, 0.717) is 6.54 Å². The van der Waals surface area contributed by atoms with Crippen LogP contribution in [0, 0.1) is 11.6 Å². The number of hydrogen-bond acceptors (Lipinski definition) is 5. The lowest BCUT2D eigenvalue weighted by Gasteiger charge is -2.34. The molecule has 0 aromatic heterocycles. The minimum atomic E-state index is -1.50. The monoisotopic (exact) mass is 382 g/mol. The molecule has 0 bridgehead atoms. The number of carbonyl (C=O) groups is 2. The lowest BCUT2D eigenvalue weighted by molar-refractivity contribution is -0.132. The van der Waals surface area contributed by atoms with E-state index in [9.17, 15) is 23.5 Å². The van der Waals surface area contributed by atoms with Gasteiger partial charge in [0.15, 0.2) is 11.6 Å². The molecule has 27 heavy (non-hydrogen) atoms.